The zero-order valence-electron chi connectivity index (χ0n) is 20.0. The van der Waals surface area contributed by atoms with Gasteiger partial charge >= 0.3 is 0 Å². The van der Waals surface area contributed by atoms with Gasteiger partial charge in [0.2, 0.25) is 0 Å². The van der Waals surface area contributed by atoms with Crippen LogP contribution in [0.25, 0.3) is 33.6 Å². The molecule has 4 nitrogen and oxygen atoms in total. The molecule has 0 fully saturated rings. The molecule has 0 unspecified atom stereocenters. The van der Waals surface area contributed by atoms with Crippen LogP contribution in [0.3, 0.4) is 0 Å². The molecule has 3 aromatic carbocycles. The first kappa shape index (κ1) is 24.3. The highest BCUT2D eigenvalue weighted by Crippen LogP contribution is 2.43. The maximum Gasteiger partial charge on any atom is 0.136 e. The lowest BCUT2D eigenvalue weighted by Crippen LogP contribution is -2.04. The molecule has 0 bridgehead atoms. The fraction of sp³-hybridized carbons (Fsp3) is 0.214. The number of benzene rings is 3. The van der Waals surface area contributed by atoms with E-state index in [9.17, 15) is 0 Å². The van der Waals surface area contributed by atoms with E-state index in [0.29, 0.717) is 52.7 Å². The van der Waals surface area contributed by atoms with Crippen LogP contribution in [0.2, 0.25) is 0 Å². The summed E-state index contributed by atoms with van der Waals surface area (Å²) in [6.07, 6.45) is 0.689. The second-order valence-electron chi connectivity index (χ2n) is 7.98. The van der Waals surface area contributed by atoms with Gasteiger partial charge in [0.25, 0.3) is 0 Å². The van der Waals surface area contributed by atoms with Crippen LogP contribution in [0.4, 0.5) is 13.2 Å². The summed E-state index contributed by atoms with van der Waals surface area (Å²) in [4.78, 5) is 0. The van der Waals surface area contributed by atoms with Gasteiger partial charge in [-0.3, -0.25) is 0 Å². The number of ether oxygens (including phenoxy) is 3. The molecule has 4 rings (SSSR count). The second-order valence-corrected chi connectivity index (χ2v) is 7.98. The van der Waals surface area contributed by atoms with Gasteiger partial charge in [-0.15, -0.1) is 0 Å². The molecule has 0 aliphatic carbocycles. The Kier molecular flexibility index (Phi) is 7.05. The molecular weight excluding hydrogens is 455 g/mol. The fourth-order valence-electron chi connectivity index (χ4n) is 4.21. The Labute approximate surface area is 202 Å². The molecular formula is C28H26F3NO3. The molecule has 0 saturated heterocycles. The van der Waals surface area contributed by atoms with E-state index >= 15 is 13.2 Å². The molecule has 0 amide bonds. The Balaban J connectivity index is 2.06. The molecule has 0 atom stereocenters. The summed E-state index contributed by atoms with van der Waals surface area (Å²) in [7, 11) is 4.37. The quantitative estimate of drug-likeness (QED) is 0.264. The van der Waals surface area contributed by atoms with E-state index in [1.165, 1.54) is 39.5 Å². The average Bonchev–Trinajstić information content (AvgIpc) is 3.22. The summed E-state index contributed by atoms with van der Waals surface area (Å²) in [5, 5.41) is 0. The number of rotatable bonds is 8. The Hall–Kier alpha value is -3.87. The van der Waals surface area contributed by atoms with Crippen molar-refractivity contribution in [3.63, 3.8) is 0 Å². The largest absolute Gasteiger partial charge is 0.497 e. The predicted octanol–water partition coefficient (Wildman–Crippen LogP) is 7.34. The molecule has 7 heteroatoms. The molecule has 0 aliphatic heterocycles. The zero-order valence-corrected chi connectivity index (χ0v) is 20.0. The monoisotopic (exact) mass is 481 g/mol. The van der Waals surface area contributed by atoms with E-state index in [1.807, 2.05) is 11.5 Å². The first-order chi connectivity index (χ1) is 16.9. The number of nitrogens with zero attached hydrogens (tertiary/aromatic N) is 1. The van der Waals surface area contributed by atoms with Gasteiger partial charge < -0.3 is 18.8 Å². The van der Waals surface area contributed by atoms with E-state index in [-0.39, 0.29) is 11.1 Å². The van der Waals surface area contributed by atoms with Crippen molar-refractivity contribution in [2.75, 3.05) is 21.3 Å². The smallest absolute Gasteiger partial charge is 0.136 e. The minimum absolute atomic E-state index is 0.251. The van der Waals surface area contributed by atoms with Crippen LogP contribution < -0.4 is 14.2 Å². The van der Waals surface area contributed by atoms with Crippen molar-refractivity contribution < 1.29 is 27.4 Å². The van der Waals surface area contributed by atoms with E-state index < -0.39 is 17.5 Å². The van der Waals surface area contributed by atoms with Crippen molar-refractivity contribution in [3.8, 4) is 50.9 Å². The first-order valence-corrected chi connectivity index (χ1v) is 11.2. The second kappa shape index (κ2) is 10.2. The summed E-state index contributed by atoms with van der Waals surface area (Å²) in [5.74, 6) is -0.465. The third kappa shape index (κ3) is 4.58. The van der Waals surface area contributed by atoms with Gasteiger partial charge in [-0.1, -0.05) is 6.92 Å². The van der Waals surface area contributed by atoms with Crippen molar-refractivity contribution >= 4 is 0 Å². The van der Waals surface area contributed by atoms with E-state index in [2.05, 4.69) is 0 Å². The highest BCUT2D eigenvalue weighted by atomic mass is 19.1. The zero-order chi connectivity index (χ0) is 25.1. The normalized spacial score (nSPS) is 10.9. The minimum Gasteiger partial charge on any atom is -0.497 e. The van der Waals surface area contributed by atoms with Crippen molar-refractivity contribution in [2.24, 2.45) is 0 Å². The Morgan fingerprint density at radius 2 is 1.06 bits per heavy atom. The summed E-state index contributed by atoms with van der Waals surface area (Å²) in [6.45, 7) is 2.43. The summed E-state index contributed by atoms with van der Waals surface area (Å²) < 4.78 is 63.0. The Morgan fingerprint density at radius 3 is 1.49 bits per heavy atom. The van der Waals surface area contributed by atoms with Gasteiger partial charge in [0.05, 0.1) is 32.7 Å². The van der Waals surface area contributed by atoms with Crippen LogP contribution >= 0.6 is 0 Å². The van der Waals surface area contributed by atoms with E-state index in [1.54, 1.807) is 42.5 Å². The molecule has 1 heterocycles. The lowest BCUT2D eigenvalue weighted by Gasteiger charge is -2.16. The van der Waals surface area contributed by atoms with Crippen molar-refractivity contribution in [1.29, 1.82) is 0 Å². The molecule has 0 radical (unpaired) electrons. The number of hydrogen-bond donors (Lipinski definition) is 0. The fourth-order valence-corrected chi connectivity index (χ4v) is 4.21. The van der Waals surface area contributed by atoms with Crippen molar-refractivity contribution in [3.05, 3.63) is 78.1 Å². The molecule has 0 aliphatic rings. The summed E-state index contributed by atoms with van der Waals surface area (Å²) >= 11 is 0. The van der Waals surface area contributed by atoms with Crippen molar-refractivity contribution in [2.45, 2.75) is 19.9 Å². The first-order valence-electron chi connectivity index (χ1n) is 11.2. The standard InChI is InChI=1S/C28H26F3NO3/c1-5-12-32-27(21-10-7-18(34-3)14-25(21)30)16-23(20-9-6-17(33-2)13-24(20)29)28(32)22-11-8-19(35-4)15-26(22)31/h6-11,13-16H,5,12H2,1-4H3. The van der Waals surface area contributed by atoms with Crippen molar-refractivity contribution in [1.82, 2.24) is 4.57 Å². The van der Waals surface area contributed by atoms with Crippen LogP contribution in [-0.4, -0.2) is 25.9 Å². The van der Waals surface area contributed by atoms with Gasteiger partial charge in [-0.2, -0.15) is 0 Å². The number of aromatic nitrogens is 1. The van der Waals surface area contributed by atoms with E-state index in [4.69, 9.17) is 14.2 Å². The predicted molar refractivity (Wildman–Crippen MR) is 131 cm³/mol. The van der Waals surface area contributed by atoms with E-state index in [0.717, 1.165) is 0 Å². The van der Waals surface area contributed by atoms with Gasteiger partial charge in [-0.25, -0.2) is 13.2 Å². The number of methoxy groups -OCH3 is 3. The summed E-state index contributed by atoms with van der Waals surface area (Å²) in [5.41, 5.74) is 2.19. The molecule has 35 heavy (non-hydrogen) atoms. The number of hydrogen-bond acceptors (Lipinski definition) is 3. The van der Waals surface area contributed by atoms with Gasteiger partial charge in [0, 0.05) is 47.0 Å². The molecule has 4 aromatic rings. The van der Waals surface area contributed by atoms with Crippen LogP contribution in [0, 0.1) is 17.5 Å². The SMILES string of the molecule is CCCn1c(-c2ccc(OC)cc2F)cc(-c2ccc(OC)cc2F)c1-c1ccc(OC)cc1F. The average molecular weight is 482 g/mol. The molecule has 182 valence electrons. The number of halogens is 3. The molecule has 1 aromatic heterocycles. The van der Waals surface area contributed by atoms with Crippen LogP contribution in [0.1, 0.15) is 13.3 Å². The highest BCUT2D eigenvalue weighted by Gasteiger charge is 2.24. The van der Waals surface area contributed by atoms with Crippen LogP contribution in [-0.2, 0) is 6.54 Å². The molecule has 0 saturated carbocycles. The van der Waals surface area contributed by atoms with Crippen LogP contribution in [0.15, 0.2) is 60.7 Å². The topological polar surface area (TPSA) is 32.6 Å². The minimum atomic E-state index is -0.532. The maximum atomic E-state index is 15.4. The van der Waals surface area contributed by atoms with Gasteiger partial charge in [0.1, 0.15) is 34.7 Å². The van der Waals surface area contributed by atoms with Gasteiger partial charge in [0.15, 0.2) is 0 Å². The third-order valence-corrected chi connectivity index (χ3v) is 5.89. The third-order valence-electron chi connectivity index (χ3n) is 5.89. The Bertz CT molecular complexity index is 1360. The maximum absolute atomic E-state index is 15.4. The lowest BCUT2D eigenvalue weighted by atomic mass is 9.99. The lowest BCUT2D eigenvalue weighted by molar-refractivity contribution is 0.411. The molecule has 0 spiro atoms. The van der Waals surface area contributed by atoms with Gasteiger partial charge in [-0.05, 0) is 48.9 Å². The Morgan fingerprint density at radius 1 is 0.600 bits per heavy atom. The molecule has 0 N–H and O–H groups in total. The summed E-state index contributed by atoms with van der Waals surface area (Å²) in [6, 6.07) is 15.3. The highest BCUT2D eigenvalue weighted by molar-refractivity contribution is 5.87. The van der Waals surface area contributed by atoms with Crippen LogP contribution in [0.5, 0.6) is 17.2 Å².